The van der Waals surface area contributed by atoms with Gasteiger partial charge >= 0.3 is 5.97 Å². The molecule has 1 heterocycles. The summed E-state index contributed by atoms with van der Waals surface area (Å²) in [6, 6.07) is 3.31. The lowest BCUT2D eigenvalue weighted by Crippen LogP contribution is -2.22. The summed E-state index contributed by atoms with van der Waals surface area (Å²) in [7, 11) is -1.64. The topological polar surface area (TPSA) is 85.4 Å². The van der Waals surface area contributed by atoms with E-state index in [1.165, 1.54) is 19.6 Å². The van der Waals surface area contributed by atoms with E-state index in [0.29, 0.717) is 18.7 Å². The van der Waals surface area contributed by atoms with Crippen LogP contribution in [0.4, 0.5) is 0 Å². The van der Waals surface area contributed by atoms with Gasteiger partial charge in [-0.2, -0.15) is 0 Å². The van der Waals surface area contributed by atoms with Crippen LogP contribution in [0.15, 0.2) is 18.3 Å². The van der Waals surface area contributed by atoms with Gasteiger partial charge in [0.2, 0.25) is 0 Å². The second kappa shape index (κ2) is 6.46. The molecule has 100 valence electrons. The predicted molar refractivity (Wildman–Crippen MR) is 67.0 cm³/mol. The van der Waals surface area contributed by atoms with E-state index in [4.69, 9.17) is 0 Å². The van der Waals surface area contributed by atoms with Crippen molar-refractivity contribution in [1.29, 1.82) is 0 Å². The number of nitrogens with one attached hydrogen (secondary N) is 1. The number of hydrogen-bond acceptors (Lipinski definition) is 6. The Hall–Kier alpha value is -1.47. The van der Waals surface area contributed by atoms with Crippen molar-refractivity contribution in [3.63, 3.8) is 0 Å². The zero-order valence-electron chi connectivity index (χ0n) is 10.3. The first kappa shape index (κ1) is 14.6. The summed E-state index contributed by atoms with van der Waals surface area (Å²) in [4.78, 5) is 15.2. The van der Waals surface area contributed by atoms with Gasteiger partial charge in [-0.05, 0) is 12.1 Å². The molecule has 0 aliphatic carbocycles. The molecule has 0 spiro atoms. The maximum atomic E-state index is 11.2. The van der Waals surface area contributed by atoms with E-state index < -0.39 is 15.8 Å². The summed E-state index contributed by atoms with van der Waals surface area (Å²) in [6.07, 6.45) is 2.62. The number of methoxy groups -OCH3 is 1. The highest BCUT2D eigenvalue weighted by atomic mass is 32.2. The first-order valence-corrected chi connectivity index (χ1v) is 7.40. The Morgan fingerprint density at radius 2 is 2.17 bits per heavy atom. The fourth-order valence-corrected chi connectivity index (χ4v) is 1.76. The number of carbonyl (C=O) groups excluding carboxylic acids is 1. The second-order valence-electron chi connectivity index (χ2n) is 3.84. The third kappa shape index (κ3) is 5.24. The number of pyridine rings is 1. The number of rotatable bonds is 6. The number of sulfone groups is 1. The van der Waals surface area contributed by atoms with Crippen LogP contribution in [0, 0.1) is 0 Å². The number of carbonyl (C=O) groups is 1. The number of hydrogen-bond donors (Lipinski definition) is 1. The van der Waals surface area contributed by atoms with Crippen LogP contribution in [0.3, 0.4) is 0 Å². The van der Waals surface area contributed by atoms with Gasteiger partial charge in [0, 0.05) is 25.5 Å². The van der Waals surface area contributed by atoms with Crippen LogP contribution in [-0.4, -0.2) is 45.0 Å². The summed E-state index contributed by atoms with van der Waals surface area (Å²) in [6.45, 7) is 0.830. The lowest BCUT2D eigenvalue weighted by Gasteiger charge is -2.04. The van der Waals surface area contributed by atoms with Crippen molar-refractivity contribution in [2.75, 3.05) is 25.7 Å². The molecule has 1 aromatic heterocycles. The van der Waals surface area contributed by atoms with Gasteiger partial charge < -0.3 is 10.1 Å². The van der Waals surface area contributed by atoms with E-state index >= 15 is 0 Å². The molecule has 1 aromatic rings. The molecule has 0 amide bonds. The Morgan fingerprint density at radius 3 is 2.67 bits per heavy atom. The van der Waals surface area contributed by atoms with Crippen molar-refractivity contribution in [2.45, 2.75) is 6.54 Å². The minimum absolute atomic E-state index is 0.0905. The Bertz CT molecular complexity index is 496. The molecule has 0 unspecified atom stereocenters. The van der Waals surface area contributed by atoms with Gasteiger partial charge in [0.25, 0.3) is 0 Å². The van der Waals surface area contributed by atoms with Gasteiger partial charge in [-0.25, -0.2) is 13.2 Å². The molecule has 6 nitrogen and oxygen atoms in total. The van der Waals surface area contributed by atoms with Gasteiger partial charge in [-0.1, -0.05) is 0 Å². The zero-order valence-corrected chi connectivity index (χ0v) is 11.2. The quantitative estimate of drug-likeness (QED) is 0.579. The molecule has 7 heteroatoms. The Labute approximate surface area is 106 Å². The van der Waals surface area contributed by atoms with Gasteiger partial charge in [-0.15, -0.1) is 0 Å². The molecule has 0 saturated carbocycles. The Kier molecular flexibility index (Phi) is 5.24. The number of ether oxygens (including phenoxy) is 1. The smallest absolute Gasteiger partial charge is 0.339 e. The summed E-state index contributed by atoms with van der Waals surface area (Å²) < 4.78 is 26.3. The molecule has 0 aliphatic heterocycles. The van der Waals surface area contributed by atoms with Crippen molar-refractivity contribution >= 4 is 15.8 Å². The third-order valence-electron chi connectivity index (χ3n) is 2.20. The summed E-state index contributed by atoms with van der Waals surface area (Å²) in [5, 5.41) is 2.96. The summed E-state index contributed by atoms with van der Waals surface area (Å²) in [5.74, 6) is -0.341. The molecular formula is C11H16N2O4S. The molecule has 0 bridgehead atoms. The molecule has 0 aromatic carbocycles. The van der Waals surface area contributed by atoms with Crippen LogP contribution in [0.25, 0.3) is 0 Å². The minimum Gasteiger partial charge on any atom is -0.465 e. The molecule has 0 aliphatic rings. The van der Waals surface area contributed by atoms with E-state index in [0.717, 1.165) is 5.69 Å². The van der Waals surface area contributed by atoms with E-state index in [1.807, 2.05) is 0 Å². The zero-order chi connectivity index (χ0) is 13.6. The van der Waals surface area contributed by atoms with Crippen molar-refractivity contribution < 1.29 is 17.9 Å². The van der Waals surface area contributed by atoms with Gasteiger partial charge in [0.15, 0.2) is 0 Å². The number of aromatic nitrogens is 1. The van der Waals surface area contributed by atoms with Gasteiger partial charge in [0.05, 0.1) is 24.1 Å². The molecule has 1 N–H and O–H groups in total. The highest BCUT2D eigenvalue weighted by Gasteiger charge is 2.05. The SMILES string of the molecule is COC(=O)c1ccc(CNCCS(C)(=O)=O)nc1. The standard InChI is InChI=1S/C11H16N2O4S/c1-17-11(14)9-3-4-10(13-7-9)8-12-5-6-18(2,15)16/h3-4,7,12H,5-6,8H2,1-2H3. The average Bonchev–Trinajstić information content (AvgIpc) is 2.33. The average molecular weight is 272 g/mol. The van der Waals surface area contributed by atoms with Crippen LogP contribution in [0.1, 0.15) is 16.1 Å². The fraction of sp³-hybridized carbons (Fsp3) is 0.455. The second-order valence-corrected chi connectivity index (χ2v) is 6.10. The third-order valence-corrected chi connectivity index (χ3v) is 3.15. The van der Waals surface area contributed by atoms with E-state index in [9.17, 15) is 13.2 Å². The van der Waals surface area contributed by atoms with Crippen molar-refractivity contribution in [3.05, 3.63) is 29.6 Å². The summed E-state index contributed by atoms with van der Waals surface area (Å²) in [5.41, 5.74) is 1.12. The molecule has 0 atom stereocenters. The minimum atomic E-state index is -2.94. The largest absolute Gasteiger partial charge is 0.465 e. The molecule has 0 saturated heterocycles. The van der Waals surface area contributed by atoms with Gasteiger partial charge in [0.1, 0.15) is 9.84 Å². The Morgan fingerprint density at radius 1 is 1.44 bits per heavy atom. The first-order chi connectivity index (χ1) is 8.42. The van der Waals surface area contributed by atoms with Crippen LogP contribution in [-0.2, 0) is 21.1 Å². The van der Waals surface area contributed by atoms with Crippen LogP contribution >= 0.6 is 0 Å². The highest BCUT2D eigenvalue weighted by Crippen LogP contribution is 2.01. The molecular weight excluding hydrogens is 256 g/mol. The fourth-order valence-electron chi connectivity index (χ4n) is 1.24. The lowest BCUT2D eigenvalue weighted by molar-refractivity contribution is 0.0600. The maximum Gasteiger partial charge on any atom is 0.339 e. The summed E-state index contributed by atoms with van der Waals surface area (Å²) >= 11 is 0. The maximum absolute atomic E-state index is 11.2. The first-order valence-electron chi connectivity index (χ1n) is 5.34. The van der Waals surface area contributed by atoms with E-state index in [2.05, 4.69) is 15.0 Å². The molecule has 0 radical (unpaired) electrons. The van der Waals surface area contributed by atoms with Crippen molar-refractivity contribution in [3.8, 4) is 0 Å². The van der Waals surface area contributed by atoms with Crippen molar-refractivity contribution in [1.82, 2.24) is 10.3 Å². The molecule has 1 rings (SSSR count). The molecule has 18 heavy (non-hydrogen) atoms. The van der Waals surface area contributed by atoms with Crippen LogP contribution < -0.4 is 5.32 Å². The van der Waals surface area contributed by atoms with Crippen molar-refractivity contribution in [2.24, 2.45) is 0 Å². The highest BCUT2D eigenvalue weighted by molar-refractivity contribution is 7.90. The number of esters is 1. The predicted octanol–water partition coefficient (Wildman–Crippen LogP) is 0.00240. The van der Waals surface area contributed by atoms with E-state index in [1.54, 1.807) is 12.1 Å². The van der Waals surface area contributed by atoms with E-state index in [-0.39, 0.29) is 5.75 Å². The lowest BCUT2D eigenvalue weighted by atomic mass is 10.2. The monoisotopic (exact) mass is 272 g/mol. The van der Waals surface area contributed by atoms with Crippen LogP contribution in [0.2, 0.25) is 0 Å². The Balaban J connectivity index is 2.42. The van der Waals surface area contributed by atoms with Gasteiger partial charge in [-0.3, -0.25) is 4.98 Å². The number of nitrogens with zero attached hydrogens (tertiary/aromatic N) is 1. The van der Waals surface area contributed by atoms with Crippen LogP contribution in [0.5, 0.6) is 0 Å². The normalized spacial score (nSPS) is 11.2. The molecule has 0 fully saturated rings.